The maximum absolute atomic E-state index is 13.1. The number of fused-ring (bicyclic) bond motifs is 1. The fourth-order valence-corrected chi connectivity index (χ4v) is 4.29. The summed E-state index contributed by atoms with van der Waals surface area (Å²) in [5.41, 5.74) is 3.51. The van der Waals surface area contributed by atoms with Crippen LogP contribution in [0.15, 0.2) is 48.5 Å². The topological polar surface area (TPSA) is 36.0 Å². The molecule has 0 aromatic heterocycles. The van der Waals surface area contributed by atoms with E-state index in [2.05, 4.69) is 40.1 Å². The van der Waals surface area contributed by atoms with Crippen LogP contribution in [0.1, 0.15) is 19.4 Å². The van der Waals surface area contributed by atoms with Gasteiger partial charge in [-0.3, -0.25) is 9.69 Å². The largest absolute Gasteiger partial charge is 0.492 e. The van der Waals surface area contributed by atoms with E-state index in [0.29, 0.717) is 6.61 Å². The first kappa shape index (κ1) is 18.8. The minimum absolute atomic E-state index is 0.101. The van der Waals surface area contributed by atoms with E-state index in [1.165, 1.54) is 5.56 Å². The Kier molecular flexibility index (Phi) is 5.53. The third kappa shape index (κ3) is 3.59. The van der Waals surface area contributed by atoms with E-state index in [9.17, 15) is 4.79 Å². The average molecular weight is 380 g/mol. The number of hydrogen-bond donors (Lipinski definition) is 0. The number of carbonyl (C=O) groups is 1. The van der Waals surface area contributed by atoms with Crippen molar-refractivity contribution < 1.29 is 9.53 Å². The number of carbonyl (C=O) groups excluding carboxylic acids is 1. The Balaban J connectivity index is 1.40. The summed E-state index contributed by atoms with van der Waals surface area (Å²) in [4.78, 5) is 19.8. The van der Waals surface area contributed by atoms with Crippen molar-refractivity contribution in [3.63, 3.8) is 0 Å². The predicted molar refractivity (Wildman–Crippen MR) is 113 cm³/mol. The van der Waals surface area contributed by atoms with Gasteiger partial charge in [-0.05, 0) is 44.0 Å². The van der Waals surface area contributed by atoms with Crippen molar-refractivity contribution in [1.29, 1.82) is 0 Å². The second-order valence-corrected chi connectivity index (χ2v) is 7.47. The van der Waals surface area contributed by atoms with E-state index in [0.717, 1.165) is 56.3 Å². The molecule has 0 radical (unpaired) electrons. The van der Waals surface area contributed by atoms with Gasteiger partial charge in [0.1, 0.15) is 5.75 Å². The summed E-state index contributed by atoms with van der Waals surface area (Å²) in [6.45, 7) is 9.08. The van der Waals surface area contributed by atoms with Gasteiger partial charge in [-0.25, -0.2) is 0 Å². The lowest BCUT2D eigenvalue weighted by atomic mass is 10.1. The molecule has 0 spiro atoms. The quantitative estimate of drug-likeness (QED) is 0.799. The van der Waals surface area contributed by atoms with Crippen LogP contribution < -0.4 is 14.5 Å². The van der Waals surface area contributed by atoms with E-state index in [1.807, 2.05) is 36.9 Å². The third-order valence-corrected chi connectivity index (χ3v) is 5.88. The minimum Gasteiger partial charge on any atom is -0.492 e. The number of benzene rings is 2. The number of anilines is 2. The van der Waals surface area contributed by atoms with Gasteiger partial charge < -0.3 is 14.5 Å². The number of piperazine rings is 1. The molecule has 28 heavy (non-hydrogen) atoms. The van der Waals surface area contributed by atoms with Crippen molar-refractivity contribution >= 4 is 17.3 Å². The molecule has 4 rings (SSSR count). The van der Waals surface area contributed by atoms with E-state index < -0.39 is 0 Å². The summed E-state index contributed by atoms with van der Waals surface area (Å²) in [6, 6.07) is 16.4. The number of para-hydroxylation sites is 3. The SMILES string of the molecule is CCOc1ccccc1N1CCN([C@H](C)C(=O)N2CCc3ccccc32)CC1. The molecule has 0 aliphatic carbocycles. The fourth-order valence-electron chi connectivity index (χ4n) is 4.29. The van der Waals surface area contributed by atoms with Gasteiger partial charge in [0, 0.05) is 38.4 Å². The van der Waals surface area contributed by atoms with Gasteiger partial charge in [-0.1, -0.05) is 30.3 Å². The molecule has 1 amide bonds. The first-order chi connectivity index (χ1) is 13.7. The molecule has 0 bridgehead atoms. The van der Waals surface area contributed by atoms with Crippen molar-refractivity contribution in [1.82, 2.24) is 4.90 Å². The van der Waals surface area contributed by atoms with Crippen molar-refractivity contribution in [2.45, 2.75) is 26.3 Å². The summed E-state index contributed by atoms with van der Waals surface area (Å²) in [6.07, 6.45) is 0.955. The Morgan fingerprint density at radius 3 is 2.39 bits per heavy atom. The number of amides is 1. The van der Waals surface area contributed by atoms with Gasteiger partial charge in [0.15, 0.2) is 0 Å². The highest BCUT2D eigenvalue weighted by Gasteiger charge is 2.32. The van der Waals surface area contributed by atoms with Crippen molar-refractivity contribution in [2.75, 3.05) is 49.1 Å². The van der Waals surface area contributed by atoms with Crippen LogP contribution in [0.4, 0.5) is 11.4 Å². The first-order valence-electron chi connectivity index (χ1n) is 10.3. The number of rotatable bonds is 5. The zero-order chi connectivity index (χ0) is 19.5. The Hall–Kier alpha value is -2.53. The standard InChI is InChI=1S/C23H29N3O2/c1-3-28-22-11-7-6-10-21(22)25-16-14-24(15-17-25)18(2)23(27)26-13-12-19-8-4-5-9-20(19)26/h4-11,18H,3,12-17H2,1-2H3/t18-/m1/s1. The van der Waals surface area contributed by atoms with Gasteiger partial charge in [-0.15, -0.1) is 0 Å². The normalized spacial score (nSPS) is 18.1. The first-order valence-corrected chi connectivity index (χ1v) is 10.3. The summed E-state index contributed by atoms with van der Waals surface area (Å²) >= 11 is 0. The van der Waals surface area contributed by atoms with Crippen LogP contribution in [-0.4, -0.2) is 56.2 Å². The maximum atomic E-state index is 13.1. The Morgan fingerprint density at radius 2 is 1.64 bits per heavy atom. The second kappa shape index (κ2) is 8.23. The van der Waals surface area contributed by atoms with Gasteiger partial charge in [-0.2, -0.15) is 0 Å². The summed E-state index contributed by atoms with van der Waals surface area (Å²) in [5.74, 6) is 1.16. The molecule has 0 N–H and O–H groups in total. The minimum atomic E-state index is -0.101. The average Bonchev–Trinajstić information content (AvgIpc) is 3.18. The molecule has 2 aromatic rings. The van der Waals surface area contributed by atoms with E-state index in [4.69, 9.17) is 4.74 Å². The molecule has 148 valence electrons. The lowest BCUT2D eigenvalue weighted by molar-refractivity contribution is -0.123. The smallest absolute Gasteiger partial charge is 0.244 e. The summed E-state index contributed by atoms with van der Waals surface area (Å²) in [5, 5.41) is 0. The van der Waals surface area contributed by atoms with Gasteiger partial charge in [0.2, 0.25) is 5.91 Å². The molecular weight excluding hydrogens is 350 g/mol. The van der Waals surface area contributed by atoms with Crippen LogP contribution in [0.2, 0.25) is 0 Å². The Bertz CT molecular complexity index is 830. The molecule has 2 aromatic carbocycles. The van der Waals surface area contributed by atoms with Crippen molar-refractivity contribution in [3.8, 4) is 5.75 Å². The maximum Gasteiger partial charge on any atom is 0.244 e. The highest BCUT2D eigenvalue weighted by molar-refractivity contribution is 5.98. The van der Waals surface area contributed by atoms with Crippen LogP contribution in [0, 0.1) is 0 Å². The molecule has 1 saturated heterocycles. The van der Waals surface area contributed by atoms with Gasteiger partial charge >= 0.3 is 0 Å². The van der Waals surface area contributed by atoms with Crippen molar-refractivity contribution in [2.24, 2.45) is 0 Å². The Morgan fingerprint density at radius 1 is 0.964 bits per heavy atom. The molecule has 5 nitrogen and oxygen atoms in total. The zero-order valence-electron chi connectivity index (χ0n) is 16.8. The van der Waals surface area contributed by atoms with Crippen LogP contribution in [-0.2, 0) is 11.2 Å². The van der Waals surface area contributed by atoms with E-state index in [1.54, 1.807) is 0 Å². The molecule has 2 aliphatic heterocycles. The van der Waals surface area contributed by atoms with E-state index in [-0.39, 0.29) is 11.9 Å². The number of nitrogens with zero attached hydrogens (tertiary/aromatic N) is 3. The monoisotopic (exact) mass is 379 g/mol. The highest BCUT2D eigenvalue weighted by Crippen LogP contribution is 2.30. The molecular formula is C23H29N3O2. The molecule has 2 aliphatic rings. The van der Waals surface area contributed by atoms with Gasteiger partial charge in [0.25, 0.3) is 0 Å². The number of ether oxygens (including phenoxy) is 1. The number of hydrogen-bond acceptors (Lipinski definition) is 4. The Labute approximate surface area is 167 Å². The van der Waals surface area contributed by atoms with E-state index >= 15 is 0 Å². The lowest BCUT2D eigenvalue weighted by Crippen LogP contribution is -2.54. The molecule has 5 heteroatoms. The molecule has 0 saturated carbocycles. The van der Waals surface area contributed by atoms with Crippen LogP contribution >= 0.6 is 0 Å². The lowest BCUT2D eigenvalue weighted by Gasteiger charge is -2.39. The van der Waals surface area contributed by atoms with Crippen LogP contribution in [0.3, 0.4) is 0 Å². The predicted octanol–water partition coefficient (Wildman–Crippen LogP) is 3.19. The third-order valence-electron chi connectivity index (χ3n) is 5.88. The zero-order valence-corrected chi connectivity index (χ0v) is 16.8. The van der Waals surface area contributed by atoms with Crippen LogP contribution in [0.25, 0.3) is 0 Å². The molecule has 1 fully saturated rings. The summed E-state index contributed by atoms with van der Waals surface area (Å²) < 4.78 is 5.79. The molecule has 0 unspecified atom stereocenters. The summed E-state index contributed by atoms with van der Waals surface area (Å²) in [7, 11) is 0. The van der Waals surface area contributed by atoms with Gasteiger partial charge in [0.05, 0.1) is 18.3 Å². The second-order valence-electron chi connectivity index (χ2n) is 7.47. The fraction of sp³-hybridized carbons (Fsp3) is 0.435. The van der Waals surface area contributed by atoms with Crippen molar-refractivity contribution in [3.05, 3.63) is 54.1 Å². The highest BCUT2D eigenvalue weighted by atomic mass is 16.5. The molecule has 2 heterocycles. The molecule has 1 atom stereocenters. The van der Waals surface area contributed by atoms with Crippen LogP contribution in [0.5, 0.6) is 5.75 Å².